The Bertz CT molecular complexity index is 848. The lowest BCUT2D eigenvalue weighted by Gasteiger charge is -2.17. The molecule has 144 valence electrons. The Labute approximate surface area is 166 Å². The highest BCUT2D eigenvalue weighted by atomic mass is 32.1. The highest BCUT2D eigenvalue weighted by Crippen LogP contribution is 2.28. The van der Waals surface area contributed by atoms with Crippen LogP contribution < -0.4 is 5.32 Å². The fourth-order valence-electron chi connectivity index (χ4n) is 3.33. The number of nitrogens with zero attached hydrogens (tertiary/aromatic N) is 4. The van der Waals surface area contributed by atoms with Crippen LogP contribution in [0.25, 0.3) is 10.7 Å². The number of allylic oxidation sites excluding steroid dienone is 3. The van der Waals surface area contributed by atoms with Crippen molar-refractivity contribution in [1.82, 2.24) is 19.9 Å². The maximum absolute atomic E-state index is 4.76. The third kappa shape index (κ3) is 5.02. The molecule has 2 heterocycles. The molecule has 27 heavy (non-hydrogen) atoms. The number of anilines is 1. The molecule has 2 aromatic heterocycles. The van der Waals surface area contributed by atoms with Crippen LogP contribution in [0.15, 0.2) is 35.7 Å². The zero-order chi connectivity index (χ0) is 19.4. The fraction of sp³-hybridized carbons (Fsp3) is 0.476. The van der Waals surface area contributed by atoms with Crippen LogP contribution in [0, 0.1) is 12.8 Å². The zero-order valence-electron chi connectivity index (χ0n) is 16.9. The Balaban J connectivity index is 1.80. The lowest BCUT2D eigenvalue weighted by molar-refractivity contribution is 0.298. The summed E-state index contributed by atoms with van der Waals surface area (Å²) < 4.78 is 0. The number of hydrogen-bond acceptors (Lipinski definition) is 6. The van der Waals surface area contributed by atoms with E-state index in [1.165, 1.54) is 10.5 Å². The third-order valence-corrected chi connectivity index (χ3v) is 5.96. The number of rotatable bonds is 7. The number of aryl methyl sites for hydroxylation is 1. The Morgan fingerprint density at radius 3 is 2.70 bits per heavy atom. The Morgan fingerprint density at radius 1 is 1.22 bits per heavy atom. The molecule has 0 radical (unpaired) electrons. The summed E-state index contributed by atoms with van der Waals surface area (Å²) in [4.78, 5) is 17.6. The Morgan fingerprint density at radius 2 is 2.00 bits per heavy atom. The topological polar surface area (TPSA) is 53.9 Å². The van der Waals surface area contributed by atoms with Crippen molar-refractivity contribution in [3.8, 4) is 10.7 Å². The SMILES string of the molecule is CCN(CC)Cc1sc(-c2ccnc(NC3=CC(C)CC(C)=C3)n2)nc1C. The molecule has 0 saturated heterocycles. The normalized spacial score (nSPS) is 17.0. The van der Waals surface area contributed by atoms with Crippen molar-refractivity contribution in [2.75, 3.05) is 18.4 Å². The van der Waals surface area contributed by atoms with Gasteiger partial charge >= 0.3 is 0 Å². The molecule has 2 aromatic rings. The smallest absolute Gasteiger partial charge is 0.227 e. The molecule has 0 saturated carbocycles. The summed E-state index contributed by atoms with van der Waals surface area (Å²) in [7, 11) is 0. The zero-order valence-corrected chi connectivity index (χ0v) is 17.7. The predicted molar refractivity (Wildman–Crippen MR) is 114 cm³/mol. The lowest BCUT2D eigenvalue weighted by atomic mass is 9.95. The van der Waals surface area contributed by atoms with Gasteiger partial charge in [-0.1, -0.05) is 32.4 Å². The minimum absolute atomic E-state index is 0.532. The summed E-state index contributed by atoms with van der Waals surface area (Å²) in [6, 6.07) is 1.93. The van der Waals surface area contributed by atoms with Gasteiger partial charge in [0.15, 0.2) is 0 Å². The Kier molecular flexibility index (Phi) is 6.39. The van der Waals surface area contributed by atoms with Gasteiger partial charge in [0.1, 0.15) is 10.7 Å². The number of hydrogen-bond donors (Lipinski definition) is 1. The van der Waals surface area contributed by atoms with Gasteiger partial charge < -0.3 is 5.32 Å². The van der Waals surface area contributed by atoms with E-state index < -0.39 is 0 Å². The molecule has 0 aliphatic heterocycles. The standard InChI is InChI=1S/C21H29N5S/c1-6-26(7-2)13-19-16(5)23-20(27-19)18-8-9-22-21(25-18)24-17-11-14(3)10-15(4)12-17/h8-9,11-12,14H,6-7,10,13H2,1-5H3,(H,22,24,25). The number of aromatic nitrogens is 3. The van der Waals surface area contributed by atoms with Crippen molar-refractivity contribution in [3.63, 3.8) is 0 Å². The lowest BCUT2D eigenvalue weighted by Crippen LogP contribution is -2.21. The van der Waals surface area contributed by atoms with Gasteiger partial charge in [0.05, 0.1) is 5.69 Å². The highest BCUT2D eigenvalue weighted by Gasteiger charge is 2.14. The maximum atomic E-state index is 4.76. The fourth-order valence-corrected chi connectivity index (χ4v) is 4.40. The van der Waals surface area contributed by atoms with E-state index in [2.05, 4.69) is 62.0 Å². The van der Waals surface area contributed by atoms with E-state index in [1.54, 1.807) is 17.5 Å². The van der Waals surface area contributed by atoms with Gasteiger partial charge in [-0.05, 0) is 51.4 Å². The third-order valence-electron chi connectivity index (χ3n) is 4.80. The monoisotopic (exact) mass is 383 g/mol. The first-order chi connectivity index (χ1) is 13.0. The van der Waals surface area contributed by atoms with E-state index in [0.29, 0.717) is 11.9 Å². The molecule has 0 fully saturated rings. The van der Waals surface area contributed by atoms with Crippen molar-refractivity contribution >= 4 is 17.3 Å². The van der Waals surface area contributed by atoms with Crippen molar-refractivity contribution in [2.24, 2.45) is 5.92 Å². The second-order valence-corrected chi connectivity index (χ2v) is 8.26. The molecule has 0 amide bonds. The molecular formula is C21H29N5S. The van der Waals surface area contributed by atoms with Crippen LogP contribution in [0.2, 0.25) is 0 Å². The number of thiazole rings is 1. The van der Waals surface area contributed by atoms with Gasteiger partial charge in [-0.3, -0.25) is 4.90 Å². The molecule has 0 spiro atoms. The van der Waals surface area contributed by atoms with Crippen LogP contribution in [-0.2, 0) is 6.54 Å². The molecule has 1 N–H and O–H groups in total. The first-order valence-electron chi connectivity index (χ1n) is 9.66. The van der Waals surface area contributed by atoms with Gasteiger partial charge in [-0.15, -0.1) is 11.3 Å². The quantitative estimate of drug-likeness (QED) is 0.726. The van der Waals surface area contributed by atoms with Crippen molar-refractivity contribution in [1.29, 1.82) is 0 Å². The van der Waals surface area contributed by atoms with E-state index in [-0.39, 0.29) is 0 Å². The van der Waals surface area contributed by atoms with E-state index in [1.807, 2.05) is 6.07 Å². The average Bonchev–Trinajstić information content (AvgIpc) is 2.99. The molecule has 0 bridgehead atoms. The second-order valence-electron chi connectivity index (χ2n) is 7.17. The van der Waals surface area contributed by atoms with Crippen LogP contribution in [0.3, 0.4) is 0 Å². The molecule has 0 aromatic carbocycles. The van der Waals surface area contributed by atoms with Crippen LogP contribution in [0.1, 0.15) is 44.7 Å². The molecular weight excluding hydrogens is 354 g/mol. The summed E-state index contributed by atoms with van der Waals surface area (Å²) in [5.41, 5.74) is 4.41. The minimum atomic E-state index is 0.532. The summed E-state index contributed by atoms with van der Waals surface area (Å²) >= 11 is 1.73. The largest absolute Gasteiger partial charge is 0.324 e. The summed E-state index contributed by atoms with van der Waals surface area (Å²) in [6.07, 6.45) is 7.32. The summed E-state index contributed by atoms with van der Waals surface area (Å²) in [6.45, 7) is 13.9. The van der Waals surface area contributed by atoms with Gasteiger partial charge in [0.2, 0.25) is 5.95 Å². The van der Waals surface area contributed by atoms with E-state index in [9.17, 15) is 0 Å². The van der Waals surface area contributed by atoms with Crippen molar-refractivity contribution in [2.45, 2.75) is 47.6 Å². The van der Waals surface area contributed by atoms with Gasteiger partial charge in [0, 0.05) is 23.3 Å². The van der Waals surface area contributed by atoms with E-state index in [4.69, 9.17) is 9.97 Å². The minimum Gasteiger partial charge on any atom is -0.324 e. The van der Waals surface area contributed by atoms with Crippen molar-refractivity contribution < 1.29 is 0 Å². The predicted octanol–water partition coefficient (Wildman–Crippen LogP) is 5.03. The van der Waals surface area contributed by atoms with E-state index >= 15 is 0 Å². The molecule has 5 nitrogen and oxygen atoms in total. The molecule has 1 aliphatic rings. The van der Waals surface area contributed by atoms with Gasteiger partial charge in [-0.25, -0.2) is 15.0 Å². The van der Waals surface area contributed by atoms with E-state index in [0.717, 1.165) is 48.1 Å². The van der Waals surface area contributed by atoms with Crippen LogP contribution in [0.5, 0.6) is 0 Å². The molecule has 6 heteroatoms. The average molecular weight is 384 g/mol. The molecule has 1 unspecified atom stereocenters. The highest BCUT2D eigenvalue weighted by molar-refractivity contribution is 7.15. The maximum Gasteiger partial charge on any atom is 0.227 e. The Hall–Kier alpha value is -2.05. The summed E-state index contributed by atoms with van der Waals surface area (Å²) in [5.74, 6) is 1.15. The van der Waals surface area contributed by atoms with Crippen LogP contribution in [-0.4, -0.2) is 32.9 Å². The van der Waals surface area contributed by atoms with Crippen LogP contribution >= 0.6 is 11.3 Å². The summed E-state index contributed by atoms with van der Waals surface area (Å²) in [5, 5.41) is 4.31. The van der Waals surface area contributed by atoms with Gasteiger partial charge in [0.25, 0.3) is 0 Å². The number of nitrogens with one attached hydrogen (secondary N) is 1. The van der Waals surface area contributed by atoms with Crippen molar-refractivity contribution in [3.05, 3.63) is 46.3 Å². The molecule has 1 atom stereocenters. The van der Waals surface area contributed by atoms with Crippen LogP contribution in [0.4, 0.5) is 5.95 Å². The molecule has 1 aliphatic carbocycles. The first kappa shape index (κ1) is 19.7. The first-order valence-corrected chi connectivity index (χ1v) is 10.5. The molecule has 3 rings (SSSR count). The second kappa shape index (κ2) is 8.76. The van der Waals surface area contributed by atoms with Gasteiger partial charge in [-0.2, -0.15) is 0 Å².